The maximum atomic E-state index is 5.72. The third-order valence-corrected chi connectivity index (χ3v) is 4.61. The van der Waals surface area contributed by atoms with Crippen LogP contribution < -0.4 is 5.32 Å². The van der Waals surface area contributed by atoms with Crippen LogP contribution in [0.5, 0.6) is 0 Å². The van der Waals surface area contributed by atoms with E-state index >= 15 is 0 Å². The minimum Gasteiger partial charge on any atom is -0.378 e. The Morgan fingerprint density at radius 2 is 2.15 bits per heavy atom. The van der Waals surface area contributed by atoms with E-state index in [1.54, 1.807) is 0 Å². The summed E-state index contributed by atoms with van der Waals surface area (Å²) in [6.07, 6.45) is 6.76. The van der Waals surface area contributed by atoms with Gasteiger partial charge in [-0.3, -0.25) is 0 Å². The zero-order chi connectivity index (χ0) is 14.2. The minimum absolute atomic E-state index is 0.528. The van der Waals surface area contributed by atoms with Crippen LogP contribution in [0.2, 0.25) is 0 Å². The Labute approximate surface area is 131 Å². The Balaban J connectivity index is 1.84. The molecule has 1 aromatic rings. The monoisotopic (exact) mass is 339 g/mol. The summed E-state index contributed by atoms with van der Waals surface area (Å²) in [5.74, 6) is 0.615. The third-order valence-electron chi connectivity index (χ3n) is 4.08. The van der Waals surface area contributed by atoms with E-state index in [9.17, 15) is 0 Å². The molecule has 2 rings (SSSR count). The highest BCUT2D eigenvalue weighted by atomic mass is 79.9. The second kappa shape index (κ2) is 8.81. The second-order valence-electron chi connectivity index (χ2n) is 5.62. The van der Waals surface area contributed by atoms with E-state index in [2.05, 4.69) is 52.4 Å². The molecule has 1 heterocycles. The van der Waals surface area contributed by atoms with Gasteiger partial charge in [-0.15, -0.1) is 0 Å². The van der Waals surface area contributed by atoms with Crippen molar-refractivity contribution in [3.8, 4) is 0 Å². The van der Waals surface area contributed by atoms with Gasteiger partial charge in [0.1, 0.15) is 0 Å². The average molecular weight is 340 g/mol. The first-order valence-electron chi connectivity index (χ1n) is 7.87. The number of hydrogen-bond acceptors (Lipinski definition) is 2. The molecule has 0 aliphatic carbocycles. The smallest absolute Gasteiger partial charge is 0.0576 e. The van der Waals surface area contributed by atoms with Crippen molar-refractivity contribution in [1.82, 2.24) is 5.32 Å². The predicted molar refractivity (Wildman–Crippen MR) is 88.3 cm³/mol. The molecule has 1 fully saturated rings. The van der Waals surface area contributed by atoms with Crippen LogP contribution in [0.25, 0.3) is 0 Å². The molecule has 1 aromatic carbocycles. The van der Waals surface area contributed by atoms with Crippen molar-refractivity contribution in [2.75, 3.05) is 19.7 Å². The summed E-state index contributed by atoms with van der Waals surface area (Å²) in [6.45, 7) is 5.26. The van der Waals surface area contributed by atoms with Crippen molar-refractivity contribution < 1.29 is 4.74 Å². The molecule has 2 nitrogen and oxygen atoms in total. The van der Waals surface area contributed by atoms with Gasteiger partial charge in [-0.25, -0.2) is 0 Å². The summed E-state index contributed by atoms with van der Waals surface area (Å²) in [7, 11) is 0. The summed E-state index contributed by atoms with van der Waals surface area (Å²) in [6, 6.07) is 8.79. The van der Waals surface area contributed by atoms with Crippen molar-refractivity contribution in [2.24, 2.45) is 0 Å². The molecular weight excluding hydrogens is 314 g/mol. The number of hydrogen-bond donors (Lipinski definition) is 1. The highest BCUT2D eigenvalue weighted by Gasteiger charge is 2.17. The quantitative estimate of drug-likeness (QED) is 0.753. The lowest BCUT2D eigenvalue weighted by molar-refractivity contribution is 0.101. The first-order chi connectivity index (χ1) is 9.79. The molecule has 20 heavy (non-hydrogen) atoms. The van der Waals surface area contributed by atoms with E-state index in [4.69, 9.17) is 4.74 Å². The molecule has 3 heteroatoms. The highest BCUT2D eigenvalue weighted by molar-refractivity contribution is 9.10. The minimum atomic E-state index is 0.528. The number of benzene rings is 1. The van der Waals surface area contributed by atoms with Crippen LogP contribution in [0.1, 0.15) is 50.5 Å². The lowest BCUT2D eigenvalue weighted by Gasteiger charge is -2.19. The largest absolute Gasteiger partial charge is 0.378 e. The van der Waals surface area contributed by atoms with Crippen molar-refractivity contribution in [3.05, 3.63) is 34.3 Å². The molecule has 1 saturated heterocycles. The molecule has 0 amide bonds. The van der Waals surface area contributed by atoms with Crippen LogP contribution in [0.4, 0.5) is 0 Å². The van der Waals surface area contributed by atoms with Crippen LogP contribution in [-0.4, -0.2) is 25.8 Å². The van der Waals surface area contributed by atoms with E-state index in [1.807, 2.05) is 0 Å². The molecule has 2 unspecified atom stereocenters. The lowest BCUT2D eigenvalue weighted by atomic mass is 9.92. The molecule has 112 valence electrons. The number of nitrogens with one attached hydrogen (secondary N) is 1. The van der Waals surface area contributed by atoms with Crippen LogP contribution in [-0.2, 0) is 4.74 Å². The molecule has 1 N–H and O–H groups in total. The Hall–Kier alpha value is -0.380. The molecule has 1 aliphatic rings. The summed E-state index contributed by atoms with van der Waals surface area (Å²) in [5.41, 5.74) is 1.45. The number of rotatable bonds is 8. The summed E-state index contributed by atoms with van der Waals surface area (Å²) >= 11 is 3.51. The van der Waals surface area contributed by atoms with Crippen LogP contribution in [0.15, 0.2) is 28.7 Å². The predicted octanol–water partition coefficient (Wildman–Crippen LogP) is 4.49. The first-order valence-corrected chi connectivity index (χ1v) is 8.66. The molecular formula is C17H26BrNO. The zero-order valence-corrected chi connectivity index (χ0v) is 14.0. The molecule has 0 bridgehead atoms. The molecule has 0 saturated carbocycles. The van der Waals surface area contributed by atoms with Crippen LogP contribution >= 0.6 is 15.9 Å². The van der Waals surface area contributed by atoms with Gasteiger partial charge in [0.15, 0.2) is 0 Å². The van der Waals surface area contributed by atoms with E-state index in [1.165, 1.54) is 37.7 Å². The normalized spacial score (nSPS) is 20.2. The van der Waals surface area contributed by atoms with Gasteiger partial charge in [0.2, 0.25) is 0 Å². The van der Waals surface area contributed by atoms with Gasteiger partial charge in [-0.1, -0.05) is 41.4 Å². The Bertz CT molecular complexity index is 373. The van der Waals surface area contributed by atoms with E-state index in [0.717, 1.165) is 24.2 Å². The van der Waals surface area contributed by atoms with Crippen molar-refractivity contribution >= 4 is 15.9 Å². The first kappa shape index (κ1) is 16.0. The van der Waals surface area contributed by atoms with E-state index in [0.29, 0.717) is 12.0 Å². The molecule has 2 atom stereocenters. The van der Waals surface area contributed by atoms with Crippen LogP contribution in [0.3, 0.4) is 0 Å². The van der Waals surface area contributed by atoms with Gasteiger partial charge in [0.25, 0.3) is 0 Å². The lowest BCUT2D eigenvalue weighted by Crippen LogP contribution is -2.21. The summed E-state index contributed by atoms with van der Waals surface area (Å²) < 4.78 is 6.87. The average Bonchev–Trinajstić information content (AvgIpc) is 2.97. The Kier molecular flexibility index (Phi) is 7.05. The Morgan fingerprint density at radius 3 is 2.80 bits per heavy atom. The van der Waals surface area contributed by atoms with E-state index < -0.39 is 0 Å². The fourth-order valence-corrected chi connectivity index (χ4v) is 3.17. The number of halogens is 1. The van der Waals surface area contributed by atoms with Gasteiger partial charge >= 0.3 is 0 Å². The zero-order valence-electron chi connectivity index (χ0n) is 12.4. The second-order valence-corrected chi connectivity index (χ2v) is 6.54. The summed E-state index contributed by atoms with van der Waals surface area (Å²) in [5, 5.41) is 3.50. The maximum absolute atomic E-state index is 5.72. The van der Waals surface area contributed by atoms with Crippen LogP contribution in [0, 0.1) is 0 Å². The van der Waals surface area contributed by atoms with Gasteiger partial charge in [-0.05, 0) is 55.8 Å². The molecule has 0 spiro atoms. The standard InChI is InChI=1S/C17H26BrNO/c1-2-19-13-15(14-8-10-16(18)11-9-14)5-3-6-17-7-4-12-20-17/h8-11,15,17,19H,2-7,12-13H2,1H3. The summed E-state index contributed by atoms with van der Waals surface area (Å²) in [4.78, 5) is 0. The van der Waals surface area contributed by atoms with Gasteiger partial charge < -0.3 is 10.1 Å². The Morgan fingerprint density at radius 1 is 1.35 bits per heavy atom. The fourth-order valence-electron chi connectivity index (χ4n) is 2.90. The third kappa shape index (κ3) is 5.19. The highest BCUT2D eigenvalue weighted by Crippen LogP contribution is 2.25. The van der Waals surface area contributed by atoms with Gasteiger partial charge in [0, 0.05) is 17.6 Å². The molecule has 1 aliphatic heterocycles. The number of ether oxygens (including phenoxy) is 1. The van der Waals surface area contributed by atoms with Gasteiger partial charge in [0.05, 0.1) is 6.10 Å². The topological polar surface area (TPSA) is 21.3 Å². The SMILES string of the molecule is CCNCC(CCCC1CCCO1)c1ccc(Br)cc1. The number of likely N-dealkylation sites (N-methyl/N-ethyl adjacent to an activating group) is 1. The van der Waals surface area contributed by atoms with Crippen molar-refractivity contribution in [2.45, 2.75) is 51.0 Å². The fraction of sp³-hybridized carbons (Fsp3) is 0.647. The molecule has 0 aromatic heterocycles. The van der Waals surface area contributed by atoms with Gasteiger partial charge in [-0.2, -0.15) is 0 Å². The van der Waals surface area contributed by atoms with Crippen molar-refractivity contribution in [1.29, 1.82) is 0 Å². The van der Waals surface area contributed by atoms with E-state index in [-0.39, 0.29) is 0 Å². The van der Waals surface area contributed by atoms with Crippen molar-refractivity contribution in [3.63, 3.8) is 0 Å². The molecule has 0 radical (unpaired) electrons. The maximum Gasteiger partial charge on any atom is 0.0576 e.